The van der Waals surface area contributed by atoms with E-state index in [2.05, 4.69) is 29.2 Å². The fourth-order valence-corrected chi connectivity index (χ4v) is 6.83. The Morgan fingerprint density at radius 2 is 1.41 bits per heavy atom. The van der Waals surface area contributed by atoms with Crippen LogP contribution in [0.2, 0.25) is 0 Å². The standard InChI is InChI=1S/C36H49N3O5/c1-36(2,3)44-35(42)38-23-19-27(20-24-38)6-5-26-17-21-37(22-18-26)30-11-9-29(10-12-30)32-15-16-33(40)39(34(32)41)25-28-7-13-31(43-4)14-8-28/h7-14,26-27,32H,5-6,15-25H2,1-4H3/t32-/m1/s1. The Morgan fingerprint density at radius 3 is 1.98 bits per heavy atom. The van der Waals surface area contributed by atoms with Gasteiger partial charge < -0.3 is 19.3 Å². The molecule has 8 heteroatoms. The lowest BCUT2D eigenvalue weighted by Crippen LogP contribution is -2.43. The highest BCUT2D eigenvalue weighted by atomic mass is 16.6. The van der Waals surface area contributed by atoms with Gasteiger partial charge in [0.2, 0.25) is 11.8 Å². The van der Waals surface area contributed by atoms with Gasteiger partial charge in [-0.1, -0.05) is 37.1 Å². The van der Waals surface area contributed by atoms with Crippen LogP contribution >= 0.6 is 0 Å². The number of hydrogen-bond acceptors (Lipinski definition) is 6. The van der Waals surface area contributed by atoms with Crippen LogP contribution in [-0.2, 0) is 20.9 Å². The smallest absolute Gasteiger partial charge is 0.410 e. The largest absolute Gasteiger partial charge is 0.497 e. The molecule has 3 fully saturated rings. The second kappa shape index (κ2) is 14.0. The van der Waals surface area contributed by atoms with Gasteiger partial charge in [-0.05, 0) is 100 Å². The number of rotatable bonds is 8. The number of benzene rings is 2. The van der Waals surface area contributed by atoms with E-state index in [-0.39, 0.29) is 30.4 Å². The van der Waals surface area contributed by atoms with Crippen LogP contribution in [0.4, 0.5) is 10.5 Å². The molecule has 1 atom stereocenters. The van der Waals surface area contributed by atoms with E-state index < -0.39 is 5.60 Å². The summed E-state index contributed by atoms with van der Waals surface area (Å²) in [7, 11) is 1.62. The predicted octanol–water partition coefficient (Wildman–Crippen LogP) is 6.77. The maximum atomic E-state index is 13.4. The molecule has 3 aliphatic rings. The molecule has 2 aromatic carbocycles. The maximum Gasteiger partial charge on any atom is 0.410 e. The van der Waals surface area contributed by atoms with Gasteiger partial charge in [-0.15, -0.1) is 0 Å². The topological polar surface area (TPSA) is 79.4 Å². The fourth-order valence-electron chi connectivity index (χ4n) is 6.83. The number of likely N-dealkylation sites (tertiary alicyclic amines) is 2. The van der Waals surface area contributed by atoms with Crippen molar-refractivity contribution in [2.75, 3.05) is 38.2 Å². The van der Waals surface area contributed by atoms with E-state index in [1.807, 2.05) is 49.9 Å². The Hall–Kier alpha value is -3.55. The molecule has 2 aromatic rings. The van der Waals surface area contributed by atoms with Crippen LogP contribution in [-0.4, -0.2) is 66.6 Å². The average molecular weight is 604 g/mol. The summed E-state index contributed by atoms with van der Waals surface area (Å²) >= 11 is 0. The molecule has 3 heterocycles. The molecule has 3 saturated heterocycles. The number of ether oxygens (including phenoxy) is 2. The van der Waals surface area contributed by atoms with Crippen LogP contribution in [0.3, 0.4) is 0 Å². The lowest BCUT2D eigenvalue weighted by Gasteiger charge is -2.36. The van der Waals surface area contributed by atoms with Crippen LogP contribution < -0.4 is 9.64 Å². The molecule has 0 spiro atoms. The number of amides is 3. The summed E-state index contributed by atoms with van der Waals surface area (Å²) in [4.78, 5) is 44.2. The van der Waals surface area contributed by atoms with Crippen LogP contribution in [0.15, 0.2) is 48.5 Å². The number of carbonyl (C=O) groups excluding carboxylic acids is 3. The highest BCUT2D eigenvalue weighted by Crippen LogP contribution is 2.34. The van der Waals surface area contributed by atoms with E-state index in [9.17, 15) is 14.4 Å². The Kier molecular flexibility index (Phi) is 10.2. The van der Waals surface area contributed by atoms with Gasteiger partial charge in [0.15, 0.2) is 0 Å². The minimum absolute atomic E-state index is 0.104. The van der Waals surface area contributed by atoms with Crippen LogP contribution in [0.5, 0.6) is 5.75 Å². The molecule has 0 saturated carbocycles. The second-order valence-electron chi connectivity index (χ2n) is 13.8. The molecule has 8 nitrogen and oxygen atoms in total. The molecule has 238 valence electrons. The zero-order chi connectivity index (χ0) is 31.3. The van der Waals surface area contributed by atoms with Crippen LogP contribution in [0.25, 0.3) is 0 Å². The minimum atomic E-state index is -0.443. The first-order valence-corrected chi connectivity index (χ1v) is 16.4. The quantitative estimate of drug-likeness (QED) is 0.310. The van der Waals surface area contributed by atoms with E-state index in [1.54, 1.807) is 7.11 Å². The van der Waals surface area contributed by atoms with Crippen LogP contribution in [0, 0.1) is 11.8 Å². The molecule has 0 bridgehead atoms. The highest BCUT2D eigenvalue weighted by molar-refractivity contribution is 6.01. The molecular weight excluding hydrogens is 554 g/mol. The third-order valence-corrected chi connectivity index (χ3v) is 9.54. The Balaban J connectivity index is 1.06. The summed E-state index contributed by atoms with van der Waals surface area (Å²) < 4.78 is 10.8. The number of piperidine rings is 3. The van der Waals surface area contributed by atoms with Crippen molar-refractivity contribution >= 4 is 23.6 Å². The monoisotopic (exact) mass is 603 g/mol. The first-order chi connectivity index (χ1) is 21.1. The van der Waals surface area contributed by atoms with Crippen molar-refractivity contribution in [3.8, 4) is 5.75 Å². The average Bonchev–Trinajstić information content (AvgIpc) is 3.02. The van der Waals surface area contributed by atoms with Crippen molar-refractivity contribution in [1.29, 1.82) is 0 Å². The van der Waals surface area contributed by atoms with Gasteiger partial charge in [-0.2, -0.15) is 0 Å². The Morgan fingerprint density at radius 1 is 0.818 bits per heavy atom. The lowest BCUT2D eigenvalue weighted by molar-refractivity contribution is -0.150. The summed E-state index contributed by atoms with van der Waals surface area (Å²) in [6, 6.07) is 16.0. The normalized spacial score (nSPS) is 20.6. The summed E-state index contributed by atoms with van der Waals surface area (Å²) in [6.07, 6.45) is 7.80. The number of carbonyl (C=O) groups is 3. The first-order valence-electron chi connectivity index (χ1n) is 16.4. The number of imide groups is 1. The molecule has 0 unspecified atom stereocenters. The van der Waals surface area contributed by atoms with Crippen molar-refractivity contribution in [3.05, 3.63) is 59.7 Å². The highest BCUT2D eigenvalue weighted by Gasteiger charge is 2.35. The zero-order valence-corrected chi connectivity index (χ0v) is 26.9. The van der Waals surface area contributed by atoms with Crippen molar-refractivity contribution in [2.24, 2.45) is 11.8 Å². The van der Waals surface area contributed by atoms with Crippen molar-refractivity contribution in [3.63, 3.8) is 0 Å². The lowest BCUT2D eigenvalue weighted by atomic mass is 9.85. The number of anilines is 1. The number of hydrogen-bond donors (Lipinski definition) is 0. The maximum absolute atomic E-state index is 13.4. The van der Waals surface area contributed by atoms with Crippen molar-refractivity contribution < 1.29 is 23.9 Å². The third-order valence-electron chi connectivity index (χ3n) is 9.54. The fraction of sp³-hybridized carbons (Fsp3) is 0.583. The summed E-state index contributed by atoms with van der Waals surface area (Å²) in [6.45, 7) is 9.74. The van der Waals surface area contributed by atoms with Gasteiger partial charge in [-0.3, -0.25) is 14.5 Å². The molecule has 44 heavy (non-hydrogen) atoms. The molecule has 0 aliphatic carbocycles. The predicted molar refractivity (Wildman–Crippen MR) is 172 cm³/mol. The first kappa shape index (κ1) is 31.9. The van der Waals surface area contributed by atoms with Gasteiger partial charge >= 0.3 is 6.09 Å². The summed E-state index contributed by atoms with van der Waals surface area (Å²) in [5.41, 5.74) is 2.66. The van der Waals surface area contributed by atoms with E-state index >= 15 is 0 Å². The van der Waals surface area contributed by atoms with E-state index in [0.29, 0.717) is 18.8 Å². The van der Waals surface area contributed by atoms with E-state index in [0.717, 1.165) is 61.8 Å². The Bertz CT molecular complexity index is 1270. The third kappa shape index (κ3) is 8.13. The van der Waals surface area contributed by atoms with Gasteiger partial charge in [0.05, 0.1) is 19.6 Å². The van der Waals surface area contributed by atoms with E-state index in [4.69, 9.17) is 9.47 Å². The summed E-state index contributed by atoms with van der Waals surface area (Å²) in [5, 5.41) is 0. The van der Waals surface area contributed by atoms with Gasteiger partial charge in [0.25, 0.3) is 0 Å². The van der Waals surface area contributed by atoms with Gasteiger partial charge in [0, 0.05) is 38.3 Å². The SMILES string of the molecule is COc1ccc(CN2C(=O)CC[C@H](c3ccc(N4CCC(CCC5CCN(C(=O)OC(C)(C)C)CC5)CC4)cc3)C2=O)cc1. The van der Waals surface area contributed by atoms with Crippen molar-refractivity contribution in [1.82, 2.24) is 9.80 Å². The van der Waals surface area contributed by atoms with Crippen LogP contribution in [0.1, 0.15) is 89.2 Å². The molecule has 5 rings (SSSR count). The van der Waals surface area contributed by atoms with Gasteiger partial charge in [-0.25, -0.2) is 4.79 Å². The van der Waals surface area contributed by atoms with E-state index in [1.165, 1.54) is 36.3 Å². The zero-order valence-electron chi connectivity index (χ0n) is 26.9. The Labute approximate surface area is 262 Å². The minimum Gasteiger partial charge on any atom is -0.497 e. The molecule has 3 aliphatic heterocycles. The molecule has 0 aromatic heterocycles. The van der Waals surface area contributed by atoms with Gasteiger partial charge in [0.1, 0.15) is 11.4 Å². The molecule has 0 radical (unpaired) electrons. The number of nitrogens with zero attached hydrogens (tertiary/aromatic N) is 3. The summed E-state index contributed by atoms with van der Waals surface area (Å²) in [5.74, 6) is 1.70. The molecule has 3 amide bonds. The number of methoxy groups -OCH3 is 1. The second-order valence-corrected chi connectivity index (χ2v) is 13.8. The molecule has 0 N–H and O–H groups in total. The molecular formula is C36H49N3O5. The van der Waals surface area contributed by atoms with Crippen molar-refractivity contribution in [2.45, 2.75) is 90.2 Å².